The van der Waals surface area contributed by atoms with Crippen molar-refractivity contribution in [3.63, 3.8) is 0 Å². The second-order valence-corrected chi connectivity index (χ2v) is 9.92. The van der Waals surface area contributed by atoms with Crippen molar-refractivity contribution in [3.8, 4) is 0 Å². The molecule has 7 nitrogen and oxygen atoms in total. The third-order valence-corrected chi connectivity index (χ3v) is 7.97. The quantitative estimate of drug-likeness (QED) is 0.668. The molecular formula is C20H21N3O4S2. The van der Waals surface area contributed by atoms with E-state index < -0.39 is 16.0 Å². The van der Waals surface area contributed by atoms with Crippen LogP contribution in [0, 0.1) is 6.92 Å². The molecule has 0 aliphatic carbocycles. The average Bonchev–Trinajstić information content (AvgIpc) is 3.10. The number of carbonyl (C=O) groups is 1. The molecule has 0 saturated carbocycles. The molecule has 29 heavy (non-hydrogen) atoms. The number of aliphatic carboxylic acids is 1. The molecule has 1 N–H and O–H groups in total. The molecule has 4 rings (SSSR count). The molecule has 0 unspecified atom stereocenters. The Labute approximate surface area is 173 Å². The molecule has 152 valence electrons. The number of sulfonamides is 1. The first-order valence-electron chi connectivity index (χ1n) is 9.24. The molecule has 0 atom stereocenters. The number of nitrogens with zero attached hydrogens (tertiary/aromatic N) is 3. The summed E-state index contributed by atoms with van der Waals surface area (Å²) in [6, 6.07) is 8.91. The Morgan fingerprint density at radius 3 is 2.59 bits per heavy atom. The van der Waals surface area contributed by atoms with Gasteiger partial charge in [-0.3, -0.25) is 4.79 Å². The number of fused-ring (bicyclic) bond motifs is 1. The number of benzene rings is 1. The molecule has 1 aliphatic heterocycles. The zero-order chi connectivity index (χ0) is 20.6. The Balaban J connectivity index is 1.54. The maximum absolute atomic E-state index is 13.2. The number of aryl methyl sites for hydroxylation is 1. The van der Waals surface area contributed by atoms with Crippen molar-refractivity contribution in [2.24, 2.45) is 0 Å². The highest BCUT2D eigenvalue weighted by molar-refractivity contribution is 7.89. The van der Waals surface area contributed by atoms with Crippen LogP contribution in [0.1, 0.15) is 11.1 Å². The third kappa shape index (κ3) is 3.98. The molecule has 3 heterocycles. The van der Waals surface area contributed by atoms with E-state index in [1.54, 1.807) is 23.6 Å². The van der Waals surface area contributed by atoms with Crippen LogP contribution >= 0.6 is 11.3 Å². The molecular weight excluding hydrogens is 410 g/mol. The van der Waals surface area contributed by atoms with Crippen molar-refractivity contribution in [1.82, 2.24) is 9.29 Å². The first-order chi connectivity index (χ1) is 13.8. The Morgan fingerprint density at radius 2 is 1.93 bits per heavy atom. The van der Waals surface area contributed by atoms with Crippen LogP contribution in [0.15, 0.2) is 46.8 Å². The van der Waals surface area contributed by atoms with Crippen molar-refractivity contribution in [2.45, 2.75) is 18.2 Å². The number of pyridine rings is 1. The average molecular weight is 432 g/mol. The van der Waals surface area contributed by atoms with Gasteiger partial charge in [0.2, 0.25) is 10.0 Å². The number of hydrogen-bond donors (Lipinski definition) is 1. The summed E-state index contributed by atoms with van der Waals surface area (Å²) in [6.45, 7) is 3.87. The molecule has 0 amide bonds. The Morgan fingerprint density at radius 1 is 1.17 bits per heavy atom. The van der Waals surface area contributed by atoms with E-state index in [9.17, 15) is 13.2 Å². The van der Waals surface area contributed by atoms with Crippen molar-refractivity contribution >= 4 is 43.2 Å². The minimum atomic E-state index is -3.65. The smallest absolute Gasteiger partial charge is 0.307 e. The zero-order valence-corrected chi connectivity index (χ0v) is 17.5. The van der Waals surface area contributed by atoms with Crippen molar-refractivity contribution in [1.29, 1.82) is 0 Å². The maximum atomic E-state index is 13.2. The number of thiophene rings is 1. The Hall–Kier alpha value is -2.49. The summed E-state index contributed by atoms with van der Waals surface area (Å²) in [5.41, 5.74) is 1.73. The molecule has 9 heteroatoms. The molecule has 1 fully saturated rings. The van der Waals surface area contributed by atoms with Gasteiger partial charge in [0.05, 0.1) is 11.3 Å². The van der Waals surface area contributed by atoms with E-state index in [1.807, 2.05) is 25.3 Å². The van der Waals surface area contributed by atoms with Crippen molar-refractivity contribution in [2.75, 3.05) is 31.1 Å². The van der Waals surface area contributed by atoms with Crippen LogP contribution in [0.25, 0.3) is 10.1 Å². The SMILES string of the molecule is Cc1ccc(N2CCN(S(=O)(=O)c3ccc4scc(CC(=O)O)c4c3)CC2)nc1. The summed E-state index contributed by atoms with van der Waals surface area (Å²) >= 11 is 1.42. The lowest BCUT2D eigenvalue weighted by atomic mass is 10.1. The van der Waals surface area contributed by atoms with Gasteiger partial charge in [0.1, 0.15) is 5.82 Å². The van der Waals surface area contributed by atoms with Gasteiger partial charge in [-0.25, -0.2) is 13.4 Å². The molecule has 3 aromatic rings. The van der Waals surface area contributed by atoms with E-state index in [1.165, 1.54) is 15.6 Å². The number of aromatic nitrogens is 1. The van der Waals surface area contributed by atoms with Gasteiger partial charge in [-0.2, -0.15) is 4.31 Å². The lowest BCUT2D eigenvalue weighted by molar-refractivity contribution is -0.136. The standard InChI is InChI=1S/C20H21N3O4S2/c1-14-2-5-19(21-12-14)22-6-8-23(9-7-22)29(26,27)16-3-4-18-17(11-16)15(13-28-18)10-20(24)25/h2-5,11-13H,6-10H2,1H3,(H,24,25). The van der Waals surface area contributed by atoms with Crippen molar-refractivity contribution in [3.05, 3.63) is 53.0 Å². The second kappa shape index (κ2) is 7.74. The summed E-state index contributed by atoms with van der Waals surface area (Å²) in [5, 5.41) is 11.6. The Bertz CT molecular complexity index is 1150. The molecule has 0 bridgehead atoms. The minimum absolute atomic E-state index is 0.119. The normalized spacial score (nSPS) is 15.7. The Kier molecular flexibility index (Phi) is 5.28. The number of rotatable bonds is 5. The van der Waals surface area contributed by atoms with Crippen LogP contribution in [-0.4, -0.2) is 55.0 Å². The highest BCUT2D eigenvalue weighted by Crippen LogP contribution is 2.30. The van der Waals surface area contributed by atoms with Crippen LogP contribution in [0.4, 0.5) is 5.82 Å². The van der Waals surface area contributed by atoms with Gasteiger partial charge < -0.3 is 10.0 Å². The summed E-state index contributed by atoms with van der Waals surface area (Å²) in [4.78, 5) is 17.8. The van der Waals surface area contributed by atoms with Crippen LogP contribution < -0.4 is 4.90 Å². The van der Waals surface area contributed by atoms with E-state index in [2.05, 4.69) is 9.88 Å². The molecule has 0 spiro atoms. The molecule has 0 radical (unpaired) electrons. The van der Waals surface area contributed by atoms with E-state index in [0.717, 1.165) is 16.1 Å². The van der Waals surface area contributed by atoms with Gasteiger partial charge in [-0.05, 0) is 53.1 Å². The third-order valence-electron chi connectivity index (χ3n) is 5.06. The summed E-state index contributed by atoms with van der Waals surface area (Å²) in [5.74, 6) is -0.0792. The predicted molar refractivity (Wildman–Crippen MR) is 113 cm³/mol. The summed E-state index contributed by atoms with van der Waals surface area (Å²) < 4.78 is 28.7. The van der Waals surface area contributed by atoms with Gasteiger partial charge in [0.15, 0.2) is 0 Å². The van der Waals surface area contributed by atoms with Crippen molar-refractivity contribution < 1.29 is 18.3 Å². The first-order valence-corrected chi connectivity index (χ1v) is 11.6. The number of piperazine rings is 1. The molecule has 1 aliphatic rings. The number of anilines is 1. The minimum Gasteiger partial charge on any atom is -0.481 e. The van der Waals surface area contributed by atoms with E-state index >= 15 is 0 Å². The first kappa shape index (κ1) is 19.8. The largest absolute Gasteiger partial charge is 0.481 e. The van der Waals surface area contributed by atoms with Crippen LogP contribution in [0.5, 0.6) is 0 Å². The summed E-state index contributed by atoms with van der Waals surface area (Å²) in [7, 11) is -3.65. The van der Waals surface area contributed by atoms with Gasteiger partial charge >= 0.3 is 5.97 Å². The van der Waals surface area contributed by atoms with Crippen LogP contribution in [0.3, 0.4) is 0 Å². The van der Waals surface area contributed by atoms with E-state index in [4.69, 9.17) is 5.11 Å². The lowest BCUT2D eigenvalue weighted by Gasteiger charge is -2.34. The zero-order valence-electron chi connectivity index (χ0n) is 15.9. The highest BCUT2D eigenvalue weighted by atomic mass is 32.2. The van der Waals surface area contributed by atoms with Gasteiger partial charge in [0.25, 0.3) is 0 Å². The fourth-order valence-electron chi connectivity index (χ4n) is 3.47. The molecule has 2 aromatic heterocycles. The van der Waals surface area contributed by atoms with E-state index in [0.29, 0.717) is 37.1 Å². The molecule has 1 saturated heterocycles. The molecule has 1 aromatic carbocycles. The topological polar surface area (TPSA) is 90.8 Å². The fraction of sp³-hybridized carbons (Fsp3) is 0.300. The second-order valence-electron chi connectivity index (χ2n) is 7.07. The number of carboxylic acid groups (broad SMARTS) is 1. The number of carboxylic acids is 1. The lowest BCUT2D eigenvalue weighted by Crippen LogP contribution is -2.48. The van der Waals surface area contributed by atoms with Gasteiger partial charge in [0, 0.05) is 37.1 Å². The monoisotopic (exact) mass is 431 g/mol. The fourth-order valence-corrected chi connectivity index (χ4v) is 5.87. The van der Waals surface area contributed by atoms with E-state index in [-0.39, 0.29) is 11.3 Å². The van der Waals surface area contributed by atoms with Gasteiger partial charge in [-0.1, -0.05) is 6.07 Å². The number of hydrogen-bond acceptors (Lipinski definition) is 6. The van der Waals surface area contributed by atoms with Crippen LogP contribution in [0.2, 0.25) is 0 Å². The highest BCUT2D eigenvalue weighted by Gasteiger charge is 2.29. The summed E-state index contributed by atoms with van der Waals surface area (Å²) in [6.07, 6.45) is 1.69. The predicted octanol–water partition coefficient (Wildman–Crippen LogP) is 2.74. The van der Waals surface area contributed by atoms with Crippen LogP contribution in [-0.2, 0) is 21.2 Å². The van der Waals surface area contributed by atoms with Gasteiger partial charge in [-0.15, -0.1) is 11.3 Å². The maximum Gasteiger partial charge on any atom is 0.307 e.